The van der Waals surface area contributed by atoms with Gasteiger partial charge in [0, 0.05) is 6.54 Å². The predicted molar refractivity (Wildman–Crippen MR) is 67.9 cm³/mol. The van der Waals surface area contributed by atoms with E-state index < -0.39 is 0 Å². The Bertz CT molecular complexity index is 356. The third kappa shape index (κ3) is 2.78. The highest BCUT2D eigenvalue weighted by Gasteiger charge is 2.14. The average Bonchev–Trinajstić information content (AvgIpc) is 2.73. The van der Waals surface area contributed by atoms with Crippen molar-refractivity contribution in [3.63, 3.8) is 0 Å². The van der Waals surface area contributed by atoms with Crippen LogP contribution in [0, 0.1) is 5.92 Å². The van der Waals surface area contributed by atoms with Crippen LogP contribution >= 0.6 is 0 Å². The van der Waals surface area contributed by atoms with Crippen LogP contribution in [0.2, 0.25) is 0 Å². The van der Waals surface area contributed by atoms with Crippen LogP contribution in [0.5, 0.6) is 0 Å². The molecule has 86 valence electrons. The molecule has 1 aliphatic heterocycles. The summed E-state index contributed by atoms with van der Waals surface area (Å²) < 4.78 is 0. The van der Waals surface area contributed by atoms with Crippen molar-refractivity contribution in [2.75, 3.05) is 6.54 Å². The van der Waals surface area contributed by atoms with Gasteiger partial charge in [-0.25, -0.2) is 0 Å². The molecule has 0 aromatic heterocycles. The fourth-order valence-corrected chi connectivity index (χ4v) is 2.22. The quantitative estimate of drug-likeness (QED) is 0.812. The lowest BCUT2D eigenvalue weighted by molar-refractivity contribution is 0.529. The fourth-order valence-electron chi connectivity index (χ4n) is 2.22. The molecular formula is C14H20N2. The molecule has 16 heavy (non-hydrogen) atoms. The molecule has 0 amide bonds. The summed E-state index contributed by atoms with van der Waals surface area (Å²) >= 11 is 0. The van der Waals surface area contributed by atoms with Crippen LogP contribution in [0.15, 0.2) is 42.2 Å². The maximum absolute atomic E-state index is 5.69. The van der Waals surface area contributed by atoms with E-state index >= 15 is 0 Å². The molecule has 0 fully saturated rings. The lowest BCUT2D eigenvalue weighted by atomic mass is 9.92. The van der Waals surface area contributed by atoms with Crippen LogP contribution in [-0.4, -0.2) is 6.54 Å². The number of nitrogens with one attached hydrogen (secondary N) is 1. The van der Waals surface area contributed by atoms with Gasteiger partial charge in [0.15, 0.2) is 0 Å². The zero-order valence-electron chi connectivity index (χ0n) is 9.82. The summed E-state index contributed by atoms with van der Waals surface area (Å²) in [7, 11) is 0. The first-order valence-electron chi connectivity index (χ1n) is 6.02. The largest absolute Gasteiger partial charge is 0.386 e. The highest BCUT2D eigenvalue weighted by atomic mass is 15.0. The molecule has 2 atom stereocenters. The number of nitrogens with two attached hydrogens (primary N) is 1. The van der Waals surface area contributed by atoms with Gasteiger partial charge in [-0.2, -0.15) is 0 Å². The van der Waals surface area contributed by atoms with E-state index in [9.17, 15) is 0 Å². The average molecular weight is 216 g/mol. The molecule has 0 radical (unpaired) electrons. The molecule has 0 spiro atoms. The second-order valence-electron chi connectivity index (χ2n) is 4.65. The van der Waals surface area contributed by atoms with Gasteiger partial charge in [0.2, 0.25) is 0 Å². The first-order chi connectivity index (χ1) is 7.75. The van der Waals surface area contributed by atoms with Gasteiger partial charge in [0.1, 0.15) is 0 Å². The molecule has 0 bridgehead atoms. The van der Waals surface area contributed by atoms with Crippen molar-refractivity contribution in [1.82, 2.24) is 5.32 Å². The van der Waals surface area contributed by atoms with E-state index in [1.807, 2.05) is 0 Å². The van der Waals surface area contributed by atoms with Crippen molar-refractivity contribution in [1.29, 1.82) is 0 Å². The van der Waals surface area contributed by atoms with Crippen LogP contribution in [0.1, 0.15) is 31.2 Å². The second kappa shape index (κ2) is 5.06. The van der Waals surface area contributed by atoms with E-state index in [-0.39, 0.29) is 0 Å². The summed E-state index contributed by atoms with van der Waals surface area (Å²) in [5, 5.41) is 3.17. The Balaban J connectivity index is 1.82. The minimum atomic E-state index is 0.617. The van der Waals surface area contributed by atoms with Crippen LogP contribution in [-0.2, 0) is 0 Å². The van der Waals surface area contributed by atoms with Crippen molar-refractivity contribution >= 4 is 0 Å². The van der Waals surface area contributed by atoms with E-state index in [0.29, 0.717) is 11.8 Å². The van der Waals surface area contributed by atoms with Crippen LogP contribution in [0.25, 0.3) is 0 Å². The SMILES string of the molecule is CC(CC[C@H]1C=C(N)NC1)c1ccccc1. The van der Waals surface area contributed by atoms with Crippen molar-refractivity contribution in [2.45, 2.75) is 25.7 Å². The zero-order valence-corrected chi connectivity index (χ0v) is 9.82. The summed E-state index contributed by atoms with van der Waals surface area (Å²) in [5.41, 5.74) is 7.13. The first-order valence-corrected chi connectivity index (χ1v) is 6.02. The number of rotatable bonds is 4. The summed E-state index contributed by atoms with van der Waals surface area (Å²) in [6, 6.07) is 10.7. The van der Waals surface area contributed by atoms with Gasteiger partial charge in [-0.1, -0.05) is 37.3 Å². The van der Waals surface area contributed by atoms with Gasteiger partial charge < -0.3 is 11.1 Å². The van der Waals surface area contributed by atoms with Gasteiger partial charge in [-0.3, -0.25) is 0 Å². The zero-order chi connectivity index (χ0) is 11.4. The topological polar surface area (TPSA) is 38.0 Å². The van der Waals surface area contributed by atoms with Crippen molar-refractivity contribution in [3.8, 4) is 0 Å². The Morgan fingerprint density at radius 3 is 2.75 bits per heavy atom. The Hall–Kier alpha value is -1.44. The fraction of sp³-hybridized carbons (Fsp3) is 0.429. The number of benzene rings is 1. The number of hydrogen-bond acceptors (Lipinski definition) is 2. The minimum Gasteiger partial charge on any atom is -0.386 e. The van der Waals surface area contributed by atoms with Crippen LogP contribution < -0.4 is 11.1 Å². The van der Waals surface area contributed by atoms with Gasteiger partial charge in [-0.05, 0) is 36.3 Å². The molecule has 2 nitrogen and oxygen atoms in total. The second-order valence-corrected chi connectivity index (χ2v) is 4.65. The molecule has 0 aliphatic carbocycles. The maximum atomic E-state index is 5.69. The smallest absolute Gasteiger partial charge is 0.0922 e. The number of hydrogen-bond donors (Lipinski definition) is 2. The molecule has 1 unspecified atom stereocenters. The maximum Gasteiger partial charge on any atom is 0.0922 e. The van der Waals surface area contributed by atoms with E-state index in [1.54, 1.807) is 0 Å². The van der Waals surface area contributed by atoms with Crippen LogP contribution in [0.3, 0.4) is 0 Å². The first kappa shape index (κ1) is 11.1. The molecule has 3 N–H and O–H groups in total. The minimum absolute atomic E-state index is 0.617. The highest BCUT2D eigenvalue weighted by molar-refractivity contribution is 5.18. The molecule has 2 heteroatoms. The summed E-state index contributed by atoms with van der Waals surface area (Å²) in [6.45, 7) is 3.30. The van der Waals surface area contributed by atoms with Crippen molar-refractivity contribution in [2.24, 2.45) is 11.7 Å². The van der Waals surface area contributed by atoms with E-state index in [0.717, 1.165) is 12.4 Å². The van der Waals surface area contributed by atoms with E-state index in [4.69, 9.17) is 5.73 Å². The summed E-state index contributed by atoms with van der Waals surface area (Å²) in [5.74, 6) is 2.10. The van der Waals surface area contributed by atoms with Crippen molar-refractivity contribution in [3.05, 3.63) is 47.8 Å². The molecule has 1 aliphatic rings. The molecule has 0 saturated heterocycles. The van der Waals surface area contributed by atoms with Gasteiger partial charge >= 0.3 is 0 Å². The Kier molecular flexibility index (Phi) is 3.50. The van der Waals surface area contributed by atoms with E-state index in [2.05, 4.69) is 48.6 Å². The lowest BCUT2D eigenvalue weighted by Crippen LogP contribution is -2.16. The Morgan fingerprint density at radius 2 is 2.12 bits per heavy atom. The lowest BCUT2D eigenvalue weighted by Gasteiger charge is -2.13. The van der Waals surface area contributed by atoms with Gasteiger partial charge in [0.25, 0.3) is 0 Å². The Labute approximate surface area is 97.5 Å². The normalized spacial score (nSPS) is 21.3. The summed E-state index contributed by atoms with van der Waals surface area (Å²) in [4.78, 5) is 0. The van der Waals surface area contributed by atoms with Gasteiger partial charge in [0.05, 0.1) is 5.82 Å². The van der Waals surface area contributed by atoms with Crippen LogP contribution in [0.4, 0.5) is 0 Å². The third-order valence-corrected chi connectivity index (χ3v) is 3.32. The molecule has 1 aromatic rings. The highest BCUT2D eigenvalue weighted by Crippen LogP contribution is 2.24. The predicted octanol–water partition coefficient (Wildman–Crippen LogP) is 2.59. The molecule has 1 aromatic carbocycles. The monoisotopic (exact) mass is 216 g/mol. The van der Waals surface area contributed by atoms with Gasteiger partial charge in [-0.15, -0.1) is 0 Å². The van der Waals surface area contributed by atoms with Crippen molar-refractivity contribution < 1.29 is 0 Å². The molecular weight excluding hydrogens is 196 g/mol. The van der Waals surface area contributed by atoms with E-state index in [1.165, 1.54) is 18.4 Å². The molecule has 1 heterocycles. The standard InChI is InChI=1S/C14H20N2/c1-11(13-5-3-2-4-6-13)7-8-12-9-14(15)16-10-12/h2-6,9,11-12,16H,7-8,10,15H2,1H3/t11?,12-/m0/s1. The Morgan fingerprint density at radius 1 is 1.38 bits per heavy atom. The molecule has 2 rings (SSSR count). The third-order valence-electron chi connectivity index (χ3n) is 3.32. The summed E-state index contributed by atoms with van der Waals surface area (Å²) in [6.07, 6.45) is 4.58. The molecule has 0 saturated carbocycles.